The number of carbonyl (C=O) groups is 1. The van der Waals surface area contributed by atoms with Gasteiger partial charge < -0.3 is 14.4 Å². The third-order valence-electron chi connectivity index (χ3n) is 3.92. The Labute approximate surface area is 129 Å². The fraction of sp³-hybridized carbons (Fsp3) is 0.562. The Bertz CT molecular complexity index is 532. The number of fused-ring (bicyclic) bond motifs is 1. The van der Waals surface area contributed by atoms with Crippen molar-refractivity contribution in [3.05, 3.63) is 23.8 Å². The van der Waals surface area contributed by atoms with E-state index in [-0.39, 0.29) is 11.8 Å². The maximum atomic E-state index is 12.1. The summed E-state index contributed by atoms with van der Waals surface area (Å²) in [4.78, 5) is 14.1. The molecule has 1 saturated heterocycles. The van der Waals surface area contributed by atoms with Crippen LogP contribution in [0.2, 0.25) is 0 Å². The second-order valence-electron chi connectivity index (χ2n) is 5.74. The summed E-state index contributed by atoms with van der Waals surface area (Å²) in [6.07, 6.45) is 0.989. The van der Waals surface area contributed by atoms with E-state index in [9.17, 15) is 4.79 Å². The van der Waals surface area contributed by atoms with E-state index in [4.69, 9.17) is 9.47 Å². The third kappa shape index (κ3) is 3.12. The highest BCUT2D eigenvalue weighted by atomic mass is 32.2. The summed E-state index contributed by atoms with van der Waals surface area (Å²) in [5, 5.41) is 0.421. The van der Waals surface area contributed by atoms with Crippen LogP contribution in [-0.4, -0.2) is 36.4 Å². The molecule has 3 rings (SSSR count). The number of benzene rings is 1. The van der Waals surface area contributed by atoms with Crippen LogP contribution >= 0.6 is 11.8 Å². The molecule has 1 atom stereocenters. The highest BCUT2D eigenvalue weighted by Crippen LogP contribution is 2.40. The number of amides is 1. The standard InChI is InChI=1S/C16H21NO3S/c1-11(2)16(18)17-6-5-15(21-8-7-17)12-3-4-13-14(9-12)20-10-19-13/h3-4,9,11,15H,5-8,10H2,1-2H3. The Hall–Kier alpha value is -1.36. The molecule has 0 spiro atoms. The number of rotatable bonds is 2. The van der Waals surface area contributed by atoms with E-state index in [2.05, 4.69) is 12.1 Å². The smallest absolute Gasteiger partial charge is 0.231 e. The molecule has 1 aromatic rings. The van der Waals surface area contributed by atoms with Crippen LogP contribution in [0.25, 0.3) is 0 Å². The second-order valence-corrected chi connectivity index (χ2v) is 7.05. The Morgan fingerprint density at radius 3 is 2.90 bits per heavy atom. The Kier molecular flexibility index (Phi) is 4.29. The van der Waals surface area contributed by atoms with Gasteiger partial charge in [0.05, 0.1) is 0 Å². The molecule has 114 valence electrons. The zero-order valence-corrected chi connectivity index (χ0v) is 13.3. The van der Waals surface area contributed by atoms with Gasteiger partial charge in [-0.25, -0.2) is 0 Å². The predicted octanol–water partition coefficient (Wildman–Crippen LogP) is 3.08. The summed E-state index contributed by atoms with van der Waals surface area (Å²) in [6, 6.07) is 6.19. The average Bonchev–Trinajstić information content (AvgIpc) is 2.81. The molecule has 4 nitrogen and oxygen atoms in total. The van der Waals surface area contributed by atoms with Crippen LogP contribution in [-0.2, 0) is 4.79 Å². The lowest BCUT2D eigenvalue weighted by molar-refractivity contribution is -0.134. The molecular weight excluding hydrogens is 286 g/mol. The lowest BCUT2D eigenvalue weighted by Crippen LogP contribution is -2.35. The monoisotopic (exact) mass is 307 g/mol. The lowest BCUT2D eigenvalue weighted by Gasteiger charge is -2.22. The van der Waals surface area contributed by atoms with Gasteiger partial charge in [-0.2, -0.15) is 11.8 Å². The molecule has 0 bridgehead atoms. The van der Waals surface area contributed by atoms with E-state index in [1.807, 2.05) is 36.6 Å². The van der Waals surface area contributed by atoms with E-state index in [0.717, 1.165) is 36.8 Å². The van der Waals surface area contributed by atoms with Crippen LogP contribution in [0, 0.1) is 5.92 Å². The fourth-order valence-electron chi connectivity index (χ4n) is 2.74. The molecule has 2 aliphatic rings. The van der Waals surface area contributed by atoms with Gasteiger partial charge in [0, 0.05) is 30.0 Å². The molecule has 1 fully saturated rings. The minimum absolute atomic E-state index is 0.0806. The number of thioether (sulfide) groups is 1. The molecule has 21 heavy (non-hydrogen) atoms. The minimum Gasteiger partial charge on any atom is -0.454 e. The van der Waals surface area contributed by atoms with Crippen LogP contribution in [0.3, 0.4) is 0 Å². The van der Waals surface area contributed by atoms with Gasteiger partial charge in [-0.1, -0.05) is 19.9 Å². The number of hydrogen-bond acceptors (Lipinski definition) is 4. The Morgan fingerprint density at radius 1 is 1.29 bits per heavy atom. The van der Waals surface area contributed by atoms with Gasteiger partial charge >= 0.3 is 0 Å². The van der Waals surface area contributed by atoms with Gasteiger partial charge in [0.2, 0.25) is 12.7 Å². The molecule has 2 aliphatic heterocycles. The van der Waals surface area contributed by atoms with Gasteiger partial charge in [-0.3, -0.25) is 4.79 Å². The van der Waals surface area contributed by atoms with Gasteiger partial charge in [0.1, 0.15) is 0 Å². The molecule has 0 saturated carbocycles. The van der Waals surface area contributed by atoms with Crippen LogP contribution in [0.5, 0.6) is 11.5 Å². The topological polar surface area (TPSA) is 38.8 Å². The van der Waals surface area contributed by atoms with Gasteiger partial charge in [0.15, 0.2) is 11.5 Å². The van der Waals surface area contributed by atoms with Gasteiger partial charge in [0.25, 0.3) is 0 Å². The van der Waals surface area contributed by atoms with Crippen molar-refractivity contribution < 1.29 is 14.3 Å². The normalized spacial score (nSPS) is 21.5. The molecular formula is C16H21NO3S. The van der Waals surface area contributed by atoms with Crippen molar-refractivity contribution >= 4 is 17.7 Å². The molecule has 1 amide bonds. The number of nitrogens with zero attached hydrogens (tertiary/aromatic N) is 1. The van der Waals surface area contributed by atoms with Crippen LogP contribution in [0.4, 0.5) is 0 Å². The molecule has 0 radical (unpaired) electrons. The quantitative estimate of drug-likeness (QED) is 0.841. The van der Waals surface area contributed by atoms with Gasteiger partial charge in [-0.05, 0) is 24.1 Å². The molecule has 0 N–H and O–H groups in total. The largest absolute Gasteiger partial charge is 0.454 e. The first-order chi connectivity index (χ1) is 10.1. The van der Waals surface area contributed by atoms with Crippen molar-refractivity contribution in [2.45, 2.75) is 25.5 Å². The summed E-state index contributed by atoms with van der Waals surface area (Å²) >= 11 is 1.93. The Morgan fingerprint density at radius 2 is 2.10 bits per heavy atom. The summed E-state index contributed by atoms with van der Waals surface area (Å²) in [6.45, 7) is 5.94. The molecule has 0 aliphatic carbocycles. The summed E-state index contributed by atoms with van der Waals surface area (Å²) < 4.78 is 10.8. The van der Waals surface area contributed by atoms with Crippen molar-refractivity contribution in [2.75, 3.05) is 25.6 Å². The predicted molar refractivity (Wildman–Crippen MR) is 83.8 cm³/mol. The lowest BCUT2D eigenvalue weighted by atomic mass is 10.1. The average molecular weight is 307 g/mol. The number of carbonyl (C=O) groups excluding carboxylic acids is 1. The molecule has 5 heteroatoms. The highest BCUT2D eigenvalue weighted by Gasteiger charge is 2.24. The zero-order chi connectivity index (χ0) is 14.8. The van der Waals surface area contributed by atoms with Crippen molar-refractivity contribution in [2.24, 2.45) is 5.92 Å². The first kappa shape index (κ1) is 14.6. The van der Waals surface area contributed by atoms with E-state index in [1.165, 1.54) is 5.56 Å². The zero-order valence-electron chi connectivity index (χ0n) is 12.5. The molecule has 2 heterocycles. The Balaban J connectivity index is 1.69. The van der Waals surface area contributed by atoms with Crippen LogP contribution < -0.4 is 9.47 Å². The maximum absolute atomic E-state index is 12.1. The molecule has 1 unspecified atom stereocenters. The fourth-order valence-corrected chi connectivity index (χ4v) is 3.96. The van der Waals surface area contributed by atoms with Crippen LogP contribution in [0.1, 0.15) is 31.1 Å². The van der Waals surface area contributed by atoms with Crippen molar-refractivity contribution in [1.29, 1.82) is 0 Å². The van der Waals surface area contributed by atoms with E-state index in [1.54, 1.807) is 0 Å². The second kappa shape index (κ2) is 6.18. The molecule has 1 aromatic carbocycles. The SMILES string of the molecule is CC(C)C(=O)N1CCSC(c2ccc3c(c2)OCO3)CC1. The molecule has 0 aromatic heterocycles. The summed E-state index contributed by atoms with van der Waals surface area (Å²) in [5.41, 5.74) is 1.27. The number of ether oxygens (including phenoxy) is 2. The highest BCUT2D eigenvalue weighted by molar-refractivity contribution is 7.99. The van der Waals surface area contributed by atoms with Gasteiger partial charge in [-0.15, -0.1) is 0 Å². The van der Waals surface area contributed by atoms with Crippen LogP contribution in [0.15, 0.2) is 18.2 Å². The third-order valence-corrected chi connectivity index (χ3v) is 5.24. The van der Waals surface area contributed by atoms with Crippen molar-refractivity contribution in [3.8, 4) is 11.5 Å². The van der Waals surface area contributed by atoms with Crippen molar-refractivity contribution in [1.82, 2.24) is 4.90 Å². The number of hydrogen-bond donors (Lipinski definition) is 0. The summed E-state index contributed by atoms with van der Waals surface area (Å²) in [5.74, 6) is 3.00. The van der Waals surface area contributed by atoms with E-state index >= 15 is 0 Å². The first-order valence-electron chi connectivity index (χ1n) is 7.45. The van der Waals surface area contributed by atoms with E-state index in [0.29, 0.717) is 12.0 Å². The minimum atomic E-state index is 0.0806. The summed E-state index contributed by atoms with van der Waals surface area (Å²) in [7, 11) is 0. The first-order valence-corrected chi connectivity index (χ1v) is 8.50. The maximum Gasteiger partial charge on any atom is 0.231 e. The van der Waals surface area contributed by atoms with Crippen molar-refractivity contribution in [3.63, 3.8) is 0 Å². The van der Waals surface area contributed by atoms with E-state index < -0.39 is 0 Å².